The number of amides is 1. The van der Waals surface area contributed by atoms with Crippen LogP contribution in [0.3, 0.4) is 0 Å². The topological polar surface area (TPSA) is 76.1 Å². The van der Waals surface area contributed by atoms with Gasteiger partial charge in [-0.25, -0.2) is 9.59 Å². The third-order valence-corrected chi connectivity index (χ3v) is 4.17. The molecule has 1 heterocycles. The van der Waals surface area contributed by atoms with Crippen LogP contribution >= 0.6 is 11.6 Å². The number of aromatic amines is 1. The zero-order chi connectivity index (χ0) is 19.6. The van der Waals surface area contributed by atoms with Gasteiger partial charge in [-0.3, -0.25) is 4.57 Å². The Morgan fingerprint density at radius 1 is 1.15 bits per heavy atom. The second-order valence-electron chi connectivity index (χ2n) is 7.35. The predicted octanol–water partition coefficient (Wildman–Crippen LogP) is 4.06. The van der Waals surface area contributed by atoms with E-state index in [-0.39, 0.29) is 5.69 Å². The molecule has 0 aliphatic rings. The van der Waals surface area contributed by atoms with E-state index in [0.717, 1.165) is 22.2 Å². The molecule has 27 heavy (non-hydrogen) atoms. The molecule has 0 atom stereocenters. The molecule has 0 aliphatic heterocycles. The van der Waals surface area contributed by atoms with Gasteiger partial charge in [-0.1, -0.05) is 35.9 Å². The number of carbonyl (C=O) groups is 1. The summed E-state index contributed by atoms with van der Waals surface area (Å²) < 4.78 is 6.86. The SMILES string of the molecule is CC(C)(C)OC(=O)NCc1ccc(Cn2c(=O)[nH]c3ccc(Cl)cc32)cc1. The number of imidazole rings is 1. The predicted molar refractivity (Wildman–Crippen MR) is 106 cm³/mol. The molecule has 3 aromatic rings. The maximum Gasteiger partial charge on any atom is 0.407 e. The van der Waals surface area contributed by atoms with Crippen molar-refractivity contribution < 1.29 is 9.53 Å². The number of halogens is 1. The average Bonchev–Trinajstić information content (AvgIpc) is 2.88. The third-order valence-electron chi connectivity index (χ3n) is 3.94. The molecule has 0 saturated carbocycles. The van der Waals surface area contributed by atoms with Gasteiger partial charge < -0.3 is 15.0 Å². The Balaban J connectivity index is 1.68. The lowest BCUT2D eigenvalue weighted by atomic mass is 10.1. The molecule has 2 aromatic carbocycles. The first-order valence-electron chi connectivity index (χ1n) is 8.64. The standard InChI is InChI=1S/C20H22ClN3O3/c1-20(2,3)27-19(26)22-11-13-4-6-14(7-5-13)12-24-17-10-15(21)8-9-16(17)23-18(24)25/h4-10H,11-12H2,1-3H3,(H,22,26)(H,23,25). The van der Waals surface area contributed by atoms with E-state index < -0.39 is 11.7 Å². The van der Waals surface area contributed by atoms with Crippen LogP contribution in [0.1, 0.15) is 31.9 Å². The molecule has 0 spiro atoms. The summed E-state index contributed by atoms with van der Waals surface area (Å²) in [5.74, 6) is 0. The van der Waals surface area contributed by atoms with Gasteiger partial charge in [0.1, 0.15) is 5.60 Å². The molecular weight excluding hydrogens is 366 g/mol. The summed E-state index contributed by atoms with van der Waals surface area (Å²) in [5.41, 5.74) is 2.73. The van der Waals surface area contributed by atoms with Crippen LogP contribution in [-0.4, -0.2) is 21.2 Å². The molecule has 0 fully saturated rings. The van der Waals surface area contributed by atoms with Gasteiger partial charge in [-0.2, -0.15) is 0 Å². The zero-order valence-electron chi connectivity index (χ0n) is 15.5. The molecular formula is C20H22ClN3O3. The second kappa shape index (κ2) is 7.48. The van der Waals surface area contributed by atoms with Gasteiger partial charge in [0.2, 0.25) is 0 Å². The van der Waals surface area contributed by atoms with Crippen molar-refractivity contribution in [2.45, 2.75) is 39.5 Å². The number of ether oxygens (including phenoxy) is 1. The molecule has 0 unspecified atom stereocenters. The molecule has 142 valence electrons. The minimum atomic E-state index is -0.524. The van der Waals surface area contributed by atoms with Crippen molar-refractivity contribution in [3.05, 3.63) is 69.1 Å². The molecule has 3 rings (SSSR count). The number of hydrogen-bond acceptors (Lipinski definition) is 3. The molecule has 0 bridgehead atoms. The number of rotatable bonds is 4. The molecule has 1 aromatic heterocycles. The Bertz CT molecular complexity index is 1010. The Morgan fingerprint density at radius 2 is 1.81 bits per heavy atom. The monoisotopic (exact) mass is 387 g/mol. The Labute approximate surface area is 162 Å². The Morgan fingerprint density at radius 3 is 2.48 bits per heavy atom. The number of carbonyl (C=O) groups excluding carboxylic acids is 1. The number of benzene rings is 2. The highest BCUT2D eigenvalue weighted by Gasteiger charge is 2.15. The normalized spacial score (nSPS) is 11.6. The van der Waals surface area contributed by atoms with E-state index in [0.29, 0.717) is 18.1 Å². The fraction of sp³-hybridized carbons (Fsp3) is 0.300. The van der Waals surface area contributed by atoms with Gasteiger partial charge in [-0.15, -0.1) is 0 Å². The van der Waals surface area contributed by atoms with Crippen molar-refractivity contribution in [1.82, 2.24) is 14.9 Å². The summed E-state index contributed by atoms with van der Waals surface area (Å²) in [4.78, 5) is 26.8. The number of fused-ring (bicyclic) bond motifs is 1. The number of nitrogens with one attached hydrogen (secondary N) is 2. The highest BCUT2D eigenvalue weighted by Crippen LogP contribution is 2.18. The summed E-state index contributed by atoms with van der Waals surface area (Å²) in [6, 6.07) is 13.0. The number of H-pyrrole nitrogens is 1. The maximum absolute atomic E-state index is 12.2. The van der Waals surface area contributed by atoms with Gasteiger partial charge in [0.15, 0.2) is 0 Å². The highest BCUT2D eigenvalue weighted by atomic mass is 35.5. The molecule has 0 saturated heterocycles. The number of hydrogen-bond donors (Lipinski definition) is 2. The molecule has 2 N–H and O–H groups in total. The first-order chi connectivity index (χ1) is 12.7. The average molecular weight is 388 g/mol. The molecule has 0 aliphatic carbocycles. The van der Waals surface area contributed by atoms with Crippen LogP contribution in [0.25, 0.3) is 11.0 Å². The van der Waals surface area contributed by atoms with E-state index in [9.17, 15) is 9.59 Å². The van der Waals surface area contributed by atoms with E-state index in [1.54, 1.807) is 22.8 Å². The van der Waals surface area contributed by atoms with Crippen molar-refractivity contribution >= 4 is 28.7 Å². The van der Waals surface area contributed by atoms with Gasteiger partial charge in [0, 0.05) is 11.6 Å². The molecule has 1 amide bonds. The number of aromatic nitrogens is 2. The van der Waals surface area contributed by atoms with Crippen LogP contribution in [0.5, 0.6) is 0 Å². The quantitative estimate of drug-likeness (QED) is 0.708. The van der Waals surface area contributed by atoms with Crippen molar-refractivity contribution in [1.29, 1.82) is 0 Å². The van der Waals surface area contributed by atoms with Crippen LogP contribution < -0.4 is 11.0 Å². The van der Waals surface area contributed by atoms with Crippen molar-refractivity contribution in [2.75, 3.05) is 0 Å². The van der Waals surface area contributed by atoms with Crippen molar-refractivity contribution in [2.24, 2.45) is 0 Å². The van der Waals surface area contributed by atoms with Gasteiger partial charge >= 0.3 is 11.8 Å². The Kier molecular flexibility index (Phi) is 5.28. The maximum atomic E-state index is 12.2. The van der Waals surface area contributed by atoms with Crippen LogP contribution in [0.4, 0.5) is 4.79 Å². The third kappa shape index (κ3) is 4.92. The van der Waals surface area contributed by atoms with Crippen LogP contribution in [0.2, 0.25) is 5.02 Å². The van der Waals surface area contributed by atoms with Gasteiger partial charge in [0.25, 0.3) is 0 Å². The summed E-state index contributed by atoms with van der Waals surface area (Å²) in [5, 5.41) is 3.31. The highest BCUT2D eigenvalue weighted by molar-refractivity contribution is 6.31. The minimum Gasteiger partial charge on any atom is -0.444 e. The van der Waals surface area contributed by atoms with E-state index in [1.165, 1.54) is 0 Å². The summed E-state index contributed by atoms with van der Waals surface area (Å²) in [6.07, 6.45) is -0.450. The van der Waals surface area contributed by atoms with Crippen molar-refractivity contribution in [3.8, 4) is 0 Å². The lowest BCUT2D eigenvalue weighted by molar-refractivity contribution is 0.0523. The first kappa shape index (κ1) is 19.0. The van der Waals surface area contributed by atoms with Crippen LogP contribution in [0, 0.1) is 0 Å². The van der Waals surface area contributed by atoms with E-state index in [1.807, 2.05) is 45.0 Å². The smallest absolute Gasteiger partial charge is 0.407 e. The summed E-state index contributed by atoms with van der Waals surface area (Å²) in [6.45, 7) is 6.26. The Hall–Kier alpha value is -2.73. The zero-order valence-corrected chi connectivity index (χ0v) is 16.3. The summed E-state index contributed by atoms with van der Waals surface area (Å²) >= 11 is 6.05. The first-order valence-corrected chi connectivity index (χ1v) is 9.02. The van der Waals surface area contributed by atoms with E-state index >= 15 is 0 Å². The fourth-order valence-corrected chi connectivity index (χ4v) is 2.88. The van der Waals surface area contributed by atoms with E-state index in [4.69, 9.17) is 16.3 Å². The lowest BCUT2D eigenvalue weighted by Crippen LogP contribution is -2.32. The number of alkyl carbamates (subject to hydrolysis) is 1. The second-order valence-corrected chi connectivity index (χ2v) is 7.79. The lowest BCUT2D eigenvalue weighted by Gasteiger charge is -2.19. The van der Waals surface area contributed by atoms with Crippen LogP contribution in [-0.2, 0) is 17.8 Å². The minimum absolute atomic E-state index is 0.178. The van der Waals surface area contributed by atoms with Gasteiger partial charge in [0.05, 0.1) is 17.6 Å². The molecule has 0 radical (unpaired) electrons. The van der Waals surface area contributed by atoms with Crippen molar-refractivity contribution in [3.63, 3.8) is 0 Å². The van der Waals surface area contributed by atoms with Gasteiger partial charge in [-0.05, 0) is 50.1 Å². The largest absolute Gasteiger partial charge is 0.444 e. The number of nitrogens with zero attached hydrogens (tertiary/aromatic N) is 1. The molecule has 7 heteroatoms. The van der Waals surface area contributed by atoms with Crippen LogP contribution in [0.15, 0.2) is 47.3 Å². The fourth-order valence-electron chi connectivity index (χ4n) is 2.72. The summed E-state index contributed by atoms with van der Waals surface area (Å²) in [7, 11) is 0. The molecule has 6 nitrogen and oxygen atoms in total. The van der Waals surface area contributed by atoms with E-state index in [2.05, 4.69) is 10.3 Å².